The molecular weight excluding hydrogens is 394 g/mol. The molecule has 0 aliphatic heterocycles. The van der Waals surface area contributed by atoms with E-state index in [0.717, 1.165) is 5.56 Å². The SMILES string of the molecule is C[C@H](NC(=O)[C@H](Cc1ccccc1)NC(=O)C1(C)C=CC=CC1)C(=O)NC(C)(C)C=O. The number of rotatable bonds is 9. The van der Waals surface area contributed by atoms with Gasteiger partial charge in [0, 0.05) is 6.42 Å². The Morgan fingerprint density at radius 2 is 1.77 bits per heavy atom. The van der Waals surface area contributed by atoms with Crippen LogP contribution in [0.1, 0.15) is 39.7 Å². The molecule has 0 spiro atoms. The van der Waals surface area contributed by atoms with Gasteiger partial charge in [-0.15, -0.1) is 0 Å². The highest BCUT2D eigenvalue weighted by molar-refractivity contribution is 5.94. The van der Waals surface area contributed by atoms with Crippen LogP contribution in [0.25, 0.3) is 0 Å². The largest absolute Gasteiger partial charge is 0.343 e. The van der Waals surface area contributed by atoms with E-state index in [2.05, 4.69) is 16.0 Å². The molecule has 0 radical (unpaired) electrons. The third kappa shape index (κ3) is 6.91. The maximum Gasteiger partial charge on any atom is 0.243 e. The van der Waals surface area contributed by atoms with Crippen LogP contribution in [0.5, 0.6) is 0 Å². The summed E-state index contributed by atoms with van der Waals surface area (Å²) in [6.45, 7) is 6.48. The van der Waals surface area contributed by atoms with E-state index in [0.29, 0.717) is 12.7 Å². The summed E-state index contributed by atoms with van der Waals surface area (Å²) in [7, 11) is 0. The Kier molecular flexibility index (Phi) is 7.91. The lowest BCUT2D eigenvalue weighted by atomic mass is 9.82. The second-order valence-electron chi connectivity index (χ2n) is 8.68. The Balaban J connectivity index is 2.13. The third-order valence-electron chi connectivity index (χ3n) is 5.17. The third-order valence-corrected chi connectivity index (χ3v) is 5.17. The van der Waals surface area contributed by atoms with Gasteiger partial charge in [0.1, 0.15) is 18.4 Å². The zero-order chi connectivity index (χ0) is 23.1. The Hall–Kier alpha value is -3.22. The summed E-state index contributed by atoms with van der Waals surface area (Å²) in [4.78, 5) is 49.4. The maximum absolute atomic E-state index is 13.0. The summed E-state index contributed by atoms with van der Waals surface area (Å²) < 4.78 is 0. The summed E-state index contributed by atoms with van der Waals surface area (Å²) in [5, 5.41) is 8.08. The predicted octanol–water partition coefficient (Wildman–Crippen LogP) is 1.83. The number of nitrogens with one attached hydrogen (secondary N) is 3. The second-order valence-corrected chi connectivity index (χ2v) is 8.68. The van der Waals surface area contributed by atoms with Gasteiger partial charge in [0.25, 0.3) is 0 Å². The van der Waals surface area contributed by atoms with Crippen molar-refractivity contribution in [3.05, 3.63) is 60.2 Å². The van der Waals surface area contributed by atoms with Crippen LogP contribution in [0.4, 0.5) is 0 Å². The minimum atomic E-state index is -1.04. The van der Waals surface area contributed by atoms with E-state index in [-0.39, 0.29) is 12.3 Å². The van der Waals surface area contributed by atoms with Gasteiger partial charge < -0.3 is 20.7 Å². The van der Waals surface area contributed by atoms with Crippen molar-refractivity contribution in [2.75, 3.05) is 0 Å². The first kappa shape index (κ1) is 24.1. The van der Waals surface area contributed by atoms with Gasteiger partial charge in [-0.3, -0.25) is 14.4 Å². The lowest BCUT2D eigenvalue weighted by molar-refractivity contribution is -0.134. The number of allylic oxidation sites excluding steroid dienone is 3. The Morgan fingerprint density at radius 1 is 1.10 bits per heavy atom. The number of aldehydes is 1. The molecule has 0 fully saturated rings. The van der Waals surface area contributed by atoms with Gasteiger partial charge in [-0.2, -0.15) is 0 Å². The van der Waals surface area contributed by atoms with Crippen molar-refractivity contribution in [2.24, 2.45) is 5.41 Å². The first-order chi connectivity index (χ1) is 14.6. The van der Waals surface area contributed by atoms with Crippen LogP contribution in [0.15, 0.2) is 54.6 Å². The monoisotopic (exact) mass is 425 g/mol. The molecule has 1 aromatic rings. The summed E-state index contributed by atoms with van der Waals surface area (Å²) in [5.74, 6) is -1.21. The summed E-state index contributed by atoms with van der Waals surface area (Å²) >= 11 is 0. The molecule has 0 saturated heterocycles. The highest BCUT2D eigenvalue weighted by Crippen LogP contribution is 2.27. The standard InChI is InChI=1S/C24H31N3O4/c1-17(20(29)27-23(2,3)16-28)25-21(30)19(15-18-11-7-5-8-12-18)26-22(31)24(4)13-9-6-10-14-24/h5-13,16-17,19H,14-15H2,1-4H3,(H,25,30)(H,26,31)(H,27,29)/t17-,19-,24?/m0/s1. The Bertz CT molecular complexity index is 876. The number of hydrogen-bond donors (Lipinski definition) is 3. The second kappa shape index (κ2) is 10.2. The highest BCUT2D eigenvalue weighted by atomic mass is 16.2. The molecule has 7 nitrogen and oxygen atoms in total. The van der Waals surface area contributed by atoms with E-state index < -0.39 is 34.9 Å². The van der Waals surface area contributed by atoms with Gasteiger partial charge in [0.05, 0.1) is 11.0 Å². The molecule has 1 unspecified atom stereocenters. The van der Waals surface area contributed by atoms with Crippen LogP contribution in [0, 0.1) is 5.41 Å². The van der Waals surface area contributed by atoms with Gasteiger partial charge >= 0.3 is 0 Å². The smallest absolute Gasteiger partial charge is 0.243 e. The van der Waals surface area contributed by atoms with Crippen molar-refractivity contribution in [3.8, 4) is 0 Å². The zero-order valence-corrected chi connectivity index (χ0v) is 18.5. The van der Waals surface area contributed by atoms with Gasteiger partial charge in [-0.1, -0.05) is 54.6 Å². The molecule has 31 heavy (non-hydrogen) atoms. The van der Waals surface area contributed by atoms with Crippen molar-refractivity contribution in [1.82, 2.24) is 16.0 Å². The van der Waals surface area contributed by atoms with Gasteiger partial charge in [0.2, 0.25) is 17.7 Å². The van der Waals surface area contributed by atoms with E-state index in [1.807, 2.05) is 61.6 Å². The van der Waals surface area contributed by atoms with Crippen molar-refractivity contribution in [2.45, 2.75) is 58.2 Å². The van der Waals surface area contributed by atoms with Crippen molar-refractivity contribution in [1.29, 1.82) is 0 Å². The molecule has 3 atom stereocenters. The van der Waals surface area contributed by atoms with Crippen molar-refractivity contribution < 1.29 is 19.2 Å². The summed E-state index contributed by atoms with van der Waals surface area (Å²) in [6, 6.07) is 7.61. The lowest BCUT2D eigenvalue weighted by Gasteiger charge is -2.29. The number of hydrogen-bond acceptors (Lipinski definition) is 4. The van der Waals surface area contributed by atoms with Crippen LogP contribution in [0.2, 0.25) is 0 Å². The molecule has 0 saturated carbocycles. The summed E-state index contributed by atoms with van der Waals surface area (Å²) in [5.41, 5.74) is -0.907. The average molecular weight is 426 g/mol. The fourth-order valence-corrected chi connectivity index (χ4v) is 3.11. The van der Waals surface area contributed by atoms with Gasteiger partial charge in [0.15, 0.2) is 0 Å². The number of benzene rings is 1. The van der Waals surface area contributed by atoms with Crippen molar-refractivity contribution >= 4 is 24.0 Å². The molecule has 3 amide bonds. The first-order valence-electron chi connectivity index (χ1n) is 10.3. The van der Waals surface area contributed by atoms with Gasteiger partial charge in [-0.25, -0.2) is 0 Å². The lowest BCUT2D eigenvalue weighted by Crippen LogP contribution is -2.57. The van der Waals surface area contributed by atoms with Crippen molar-refractivity contribution in [3.63, 3.8) is 0 Å². The van der Waals surface area contributed by atoms with E-state index in [1.165, 1.54) is 6.92 Å². The molecule has 0 aromatic heterocycles. The van der Waals surface area contributed by atoms with E-state index in [9.17, 15) is 19.2 Å². The molecule has 7 heteroatoms. The highest BCUT2D eigenvalue weighted by Gasteiger charge is 2.34. The van der Waals surface area contributed by atoms with E-state index in [1.54, 1.807) is 13.8 Å². The molecule has 1 aromatic carbocycles. The number of amides is 3. The van der Waals surface area contributed by atoms with Gasteiger partial charge in [-0.05, 0) is 39.7 Å². The molecule has 1 aliphatic rings. The molecule has 166 valence electrons. The summed E-state index contributed by atoms with van der Waals surface area (Å²) in [6.07, 6.45) is 8.87. The minimum absolute atomic E-state index is 0.261. The fourth-order valence-electron chi connectivity index (χ4n) is 3.11. The molecule has 0 heterocycles. The van der Waals surface area contributed by atoms with E-state index in [4.69, 9.17) is 0 Å². The predicted molar refractivity (Wildman–Crippen MR) is 119 cm³/mol. The molecule has 1 aliphatic carbocycles. The Labute approximate surface area is 183 Å². The molecule has 0 bridgehead atoms. The van der Waals surface area contributed by atoms with Crippen LogP contribution >= 0.6 is 0 Å². The van der Waals surface area contributed by atoms with E-state index >= 15 is 0 Å². The quantitative estimate of drug-likeness (QED) is 0.525. The Morgan fingerprint density at radius 3 is 2.35 bits per heavy atom. The van der Waals surface area contributed by atoms with Crippen LogP contribution in [-0.4, -0.2) is 41.6 Å². The minimum Gasteiger partial charge on any atom is -0.343 e. The van der Waals surface area contributed by atoms with Crippen LogP contribution in [-0.2, 0) is 25.6 Å². The molecule has 3 N–H and O–H groups in total. The maximum atomic E-state index is 13.0. The topological polar surface area (TPSA) is 104 Å². The first-order valence-corrected chi connectivity index (χ1v) is 10.3. The average Bonchev–Trinajstić information content (AvgIpc) is 2.74. The van der Waals surface area contributed by atoms with Crippen LogP contribution < -0.4 is 16.0 Å². The zero-order valence-electron chi connectivity index (χ0n) is 18.5. The molecular formula is C24H31N3O4. The number of carbonyl (C=O) groups excluding carboxylic acids is 4. The normalized spacial score (nSPS) is 19.7. The molecule has 2 rings (SSSR count). The fraction of sp³-hybridized carbons (Fsp3) is 0.417. The van der Waals surface area contributed by atoms with Crippen LogP contribution in [0.3, 0.4) is 0 Å². The number of carbonyl (C=O) groups is 4.